The molecule has 0 fully saturated rings. The molecule has 1 amide bonds. The lowest BCUT2D eigenvalue weighted by molar-refractivity contribution is -0.121. The Bertz CT molecular complexity index is 1170. The molecular formula is C25H22N4O2. The molecule has 1 aromatic heterocycles. The summed E-state index contributed by atoms with van der Waals surface area (Å²) in [5.41, 5.74) is 7.22. The molecule has 0 saturated heterocycles. The van der Waals surface area contributed by atoms with Gasteiger partial charge >= 0.3 is 0 Å². The lowest BCUT2D eigenvalue weighted by atomic mass is 10.1. The fourth-order valence-electron chi connectivity index (χ4n) is 3.18. The maximum Gasteiger partial charge on any atom is 0.241 e. The van der Waals surface area contributed by atoms with E-state index in [2.05, 4.69) is 10.5 Å². The van der Waals surface area contributed by atoms with Crippen LogP contribution in [0.4, 0.5) is 0 Å². The molecule has 1 heterocycles. The fraction of sp³-hybridized carbons (Fsp3) is 0.0800. The monoisotopic (exact) mass is 410 g/mol. The van der Waals surface area contributed by atoms with Crippen molar-refractivity contribution in [1.82, 2.24) is 15.2 Å². The van der Waals surface area contributed by atoms with Crippen molar-refractivity contribution in [2.24, 2.45) is 5.10 Å². The molecule has 0 bridgehead atoms. The van der Waals surface area contributed by atoms with E-state index in [1.54, 1.807) is 24.3 Å². The summed E-state index contributed by atoms with van der Waals surface area (Å²) in [6, 6.07) is 28.6. The second-order valence-corrected chi connectivity index (χ2v) is 7.00. The Kier molecular flexibility index (Phi) is 6.18. The third-order valence-corrected chi connectivity index (χ3v) is 4.77. The van der Waals surface area contributed by atoms with Crippen molar-refractivity contribution >= 4 is 12.1 Å². The van der Waals surface area contributed by atoms with Crippen molar-refractivity contribution in [3.63, 3.8) is 0 Å². The van der Waals surface area contributed by atoms with Gasteiger partial charge < -0.3 is 5.11 Å². The van der Waals surface area contributed by atoms with Crippen LogP contribution in [0.3, 0.4) is 0 Å². The maximum atomic E-state index is 12.3. The molecule has 6 heteroatoms. The molecule has 0 aliphatic heterocycles. The van der Waals surface area contributed by atoms with E-state index < -0.39 is 0 Å². The van der Waals surface area contributed by atoms with Gasteiger partial charge in [0.1, 0.15) is 5.75 Å². The number of nitrogens with zero attached hydrogens (tertiary/aromatic N) is 3. The normalized spacial score (nSPS) is 11.0. The van der Waals surface area contributed by atoms with Crippen molar-refractivity contribution in [3.05, 3.63) is 96.6 Å². The molecule has 3 aromatic carbocycles. The molecule has 0 spiro atoms. The van der Waals surface area contributed by atoms with Gasteiger partial charge in [0, 0.05) is 12.0 Å². The first-order valence-electron chi connectivity index (χ1n) is 9.99. The lowest BCUT2D eigenvalue weighted by Crippen LogP contribution is -2.20. The Labute approximate surface area is 180 Å². The van der Waals surface area contributed by atoms with E-state index in [4.69, 9.17) is 5.10 Å². The lowest BCUT2D eigenvalue weighted by Gasteiger charge is -2.07. The molecule has 0 unspecified atom stereocenters. The molecule has 0 aliphatic rings. The first-order chi connectivity index (χ1) is 15.2. The van der Waals surface area contributed by atoms with Gasteiger partial charge in [0.05, 0.1) is 24.1 Å². The van der Waals surface area contributed by atoms with Gasteiger partial charge in [-0.15, -0.1) is 0 Å². The zero-order valence-electron chi connectivity index (χ0n) is 16.8. The molecule has 0 saturated carbocycles. The van der Waals surface area contributed by atoms with Crippen molar-refractivity contribution in [1.29, 1.82) is 0 Å². The largest absolute Gasteiger partial charge is 0.508 e. The van der Waals surface area contributed by atoms with Crippen LogP contribution in [0.25, 0.3) is 22.5 Å². The van der Waals surface area contributed by atoms with Crippen LogP contribution in [0.1, 0.15) is 12.0 Å². The number of rotatable bonds is 7. The van der Waals surface area contributed by atoms with Crippen LogP contribution in [0.15, 0.2) is 96.1 Å². The second kappa shape index (κ2) is 9.54. The number of hydrazone groups is 1. The Morgan fingerprint density at radius 3 is 2.26 bits per heavy atom. The Morgan fingerprint density at radius 1 is 0.935 bits per heavy atom. The van der Waals surface area contributed by atoms with Gasteiger partial charge in [0.2, 0.25) is 5.91 Å². The maximum absolute atomic E-state index is 12.3. The summed E-state index contributed by atoms with van der Waals surface area (Å²) < 4.78 is 1.86. The van der Waals surface area contributed by atoms with Gasteiger partial charge in [-0.2, -0.15) is 10.2 Å². The molecule has 0 atom stereocenters. The summed E-state index contributed by atoms with van der Waals surface area (Å²) >= 11 is 0. The number of benzene rings is 3. The summed E-state index contributed by atoms with van der Waals surface area (Å²) in [5.74, 6) is -0.0182. The predicted molar refractivity (Wildman–Crippen MR) is 122 cm³/mol. The highest BCUT2D eigenvalue weighted by molar-refractivity contribution is 5.82. The van der Waals surface area contributed by atoms with Crippen molar-refractivity contribution in [2.75, 3.05) is 0 Å². The number of hydrogen-bond donors (Lipinski definition) is 2. The molecule has 154 valence electrons. The van der Waals surface area contributed by atoms with Gasteiger partial charge in [-0.3, -0.25) is 9.48 Å². The third kappa shape index (κ3) is 5.25. The second-order valence-electron chi connectivity index (χ2n) is 7.00. The highest BCUT2D eigenvalue weighted by Crippen LogP contribution is 2.26. The van der Waals surface area contributed by atoms with Crippen molar-refractivity contribution in [2.45, 2.75) is 13.0 Å². The van der Waals surface area contributed by atoms with E-state index >= 15 is 0 Å². The molecule has 0 aliphatic carbocycles. The molecule has 6 nitrogen and oxygen atoms in total. The predicted octanol–water partition coefficient (Wildman–Crippen LogP) is 4.46. The Morgan fingerprint density at radius 2 is 1.58 bits per heavy atom. The molecular weight excluding hydrogens is 388 g/mol. The number of carbonyl (C=O) groups is 1. The quantitative estimate of drug-likeness (QED) is 0.349. The van der Waals surface area contributed by atoms with E-state index in [1.807, 2.05) is 71.4 Å². The van der Waals surface area contributed by atoms with E-state index in [0.29, 0.717) is 6.54 Å². The van der Waals surface area contributed by atoms with Crippen LogP contribution in [0, 0.1) is 0 Å². The first kappa shape index (κ1) is 20.1. The molecule has 0 radical (unpaired) electrons. The molecule has 4 rings (SSSR count). The highest BCUT2D eigenvalue weighted by atomic mass is 16.3. The summed E-state index contributed by atoms with van der Waals surface area (Å²) in [6.07, 6.45) is 1.77. The average Bonchev–Trinajstić information content (AvgIpc) is 3.25. The standard InChI is InChI=1S/C25H22N4O2/c30-22-13-11-19(12-14-22)18-26-27-25(31)15-16-29-24(21-9-5-2-6-10-21)17-23(28-29)20-7-3-1-4-8-20/h1-14,17-18,30H,15-16H2,(H,27,31). The number of hydrogen-bond acceptors (Lipinski definition) is 4. The number of nitrogens with one attached hydrogen (secondary N) is 1. The number of amides is 1. The van der Waals surface area contributed by atoms with Crippen LogP contribution in [-0.4, -0.2) is 27.0 Å². The summed E-state index contributed by atoms with van der Waals surface area (Å²) in [4.78, 5) is 12.3. The van der Waals surface area contributed by atoms with Gasteiger partial charge in [-0.25, -0.2) is 5.43 Å². The Hall–Kier alpha value is -4.19. The van der Waals surface area contributed by atoms with Crippen LogP contribution in [0.5, 0.6) is 5.75 Å². The van der Waals surface area contributed by atoms with Crippen LogP contribution in [0.2, 0.25) is 0 Å². The van der Waals surface area contributed by atoms with Gasteiger partial charge in [0.15, 0.2) is 0 Å². The van der Waals surface area contributed by atoms with E-state index in [0.717, 1.165) is 28.1 Å². The summed E-state index contributed by atoms with van der Waals surface area (Å²) in [7, 11) is 0. The number of phenolic OH excluding ortho intramolecular Hbond substituents is 1. The number of aromatic nitrogens is 2. The highest BCUT2D eigenvalue weighted by Gasteiger charge is 2.12. The van der Waals surface area contributed by atoms with E-state index in [-0.39, 0.29) is 18.1 Å². The van der Waals surface area contributed by atoms with Crippen molar-refractivity contribution < 1.29 is 9.90 Å². The number of carbonyl (C=O) groups excluding carboxylic acids is 1. The number of aryl methyl sites for hydroxylation is 1. The fourth-order valence-corrected chi connectivity index (χ4v) is 3.18. The van der Waals surface area contributed by atoms with Gasteiger partial charge in [0.25, 0.3) is 0 Å². The summed E-state index contributed by atoms with van der Waals surface area (Å²) in [6.45, 7) is 0.428. The van der Waals surface area contributed by atoms with Crippen LogP contribution >= 0.6 is 0 Å². The van der Waals surface area contributed by atoms with E-state index in [1.165, 1.54) is 6.21 Å². The minimum absolute atomic E-state index is 0.185. The van der Waals surface area contributed by atoms with Crippen molar-refractivity contribution in [3.8, 4) is 28.3 Å². The first-order valence-corrected chi connectivity index (χ1v) is 9.99. The topological polar surface area (TPSA) is 79.5 Å². The molecule has 31 heavy (non-hydrogen) atoms. The third-order valence-electron chi connectivity index (χ3n) is 4.77. The zero-order valence-corrected chi connectivity index (χ0v) is 16.8. The molecule has 4 aromatic rings. The number of phenols is 1. The number of aromatic hydroxyl groups is 1. The molecule has 2 N–H and O–H groups in total. The van der Waals surface area contributed by atoms with Crippen LogP contribution in [-0.2, 0) is 11.3 Å². The minimum Gasteiger partial charge on any atom is -0.508 e. The Balaban J connectivity index is 1.46. The summed E-state index contributed by atoms with van der Waals surface area (Å²) in [5, 5.41) is 18.0. The van der Waals surface area contributed by atoms with Gasteiger partial charge in [-0.1, -0.05) is 60.7 Å². The smallest absolute Gasteiger partial charge is 0.241 e. The van der Waals surface area contributed by atoms with Crippen LogP contribution < -0.4 is 5.43 Å². The SMILES string of the molecule is O=C(CCn1nc(-c2ccccc2)cc1-c1ccccc1)NN=Cc1ccc(O)cc1. The minimum atomic E-state index is -0.203. The van der Waals surface area contributed by atoms with E-state index in [9.17, 15) is 9.90 Å². The zero-order chi connectivity index (χ0) is 21.5. The average molecular weight is 410 g/mol. The van der Waals surface area contributed by atoms with Gasteiger partial charge in [-0.05, 0) is 41.5 Å².